The smallest absolute Gasteiger partial charge is 0.185 e. The van der Waals surface area contributed by atoms with E-state index in [0.29, 0.717) is 6.61 Å². The van der Waals surface area contributed by atoms with Crippen LogP contribution >= 0.6 is 0 Å². The van der Waals surface area contributed by atoms with Crippen molar-refractivity contribution in [2.24, 2.45) is 0 Å². The van der Waals surface area contributed by atoms with Crippen LogP contribution in [0.2, 0.25) is 0 Å². The minimum absolute atomic E-state index is 0.107. The van der Waals surface area contributed by atoms with Crippen LogP contribution in [0.5, 0.6) is 0 Å². The van der Waals surface area contributed by atoms with E-state index in [-0.39, 0.29) is 11.9 Å². The van der Waals surface area contributed by atoms with E-state index in [2.05, 4.69) is 11.8 Å². The first kappa shape index (κ1) is 12.4. The summed E-state index contributed by atoms with van der Waals surface area (Å²) in [5.41, 5.74) is 1.04. The fourth-order valence-electron chi connectivity index (χ4n) is 1.77. The second-order valence-electron chi connectivity index (χ2n) is 4.28. The van der Waals surface area contributed by atoms with Gasteiger partial charge in [-0.2, -0.15) is 0 Å². The minimum Gasteiger partial charge on any atom is -0.367 e. The van der Waals surface area contributed by atoms with Crippen LogP contribution in [0.15, 0.2) is 11.6 Å². The summed E-state index contributed by atoms with van der Waals surface area (Å²) in [7, 11) is 0. The molecule has 3 heteroatoms. The van der Waals surface area contributed by atoms with Gasteiger partial charge in [0.05, 0.1) is 6.61 Å². The van der Waals surface area contributed by atoms with Crippen molar-refractivity contribution in [2.75, 3.05) is 26.2 Å². The zero-order valence-corrected chi connectivity index (χ0v) is 9.95. The zero-order valence-electron chi connectivity index (χ0n) is 9.95. The van der Waals surface area contributed by atoms with Crippen LogP contribution in [-0.4, -0.2) is 43.0 Å². The van der Waals surface area contributed by atoms with Gasteiger partial charge in [0.15, 0.2) is 5.78 Å². The minimum atomic E-state index is -0.250. The Hall–Kier alpha value is -0.670. The van der Waals surface area contributed by atoms with Gasteiger partial charge in [0.1, 0.15) is 6.10 Å². The summed E-state index contributed by atoms with van der Waals surface area (Å²) in [6, 6.07) is 0. The molecule has 0 spiro atoms. The van der Waals surface area contributed by atoms with Gasteiger partial charge in [0.2, 0.25) is 0 Å². The van der Waals surface area contributed by atoms with Crippen molar-refractivity contribution < 1.29 is 9.53 Å². The molecular formula is C12H21NO2. The molecule has 1 saturated heterocycles. The van der Waals surface area contributed by atoms with Crippen molar-refractivity contribution in [3.05, 3.63) is 11.6 Å². The first-order chi connectivity index (χ1) is 7.13. The molecule has 15 heavy (non-hydrogen) atoms. The van der Waals surface area contributed by atoms with E-state index in [0.717, 1.165) is 31.6 Å². The number of carbonyl (C=O) groups is 1. The number of carbonyl (C=O) groups excluding carboxylic acids is 1. The number of rotatable bonds is 4. The van der Waals surface area contributed by atoms with E-state index in [1.165, 1.54) is 0 Å². The lowest BCUT2D eigenvalue weighted by atomic mass is 10.1. The maximum Gasteiger partial charge on any atom is 0.185 e. The highest BCUT2D eigenvalue weighted by Crippen LogP contribution is 2.08. The van der Waals surface area contributed by atoms with Gasteiger partial charge in [-0.1, -0.05) is 12.5 Å². The maximum atomic E-state index is 11.7. The lowest BCUT2D eigenvalue weighted by Gasteiger charge is -2.31. The molecule has 0 N–H and O–H groups in total. The highest BCUT2D eigenvalue weighted by molar-refractivity contribution is 5.94. The lowest BCUT2D eigenvalue weighted by molar-refractivity contribution is -0.131. The zero-order chi connectivity index (χ0) is 11.3. The molecule has 1 heterocycles. The van der Waals surface area contributed by atoms with E-state index in [9.17, 15) is 4.79 Å². The molecule has 0 aromatic heterocycles. The predicted molar refractivity (Wildman–Crippen MR) is 60.9 cm³/mol. The molecular weight excluding hydrogens is 190 g/mol. The molecule has 1 atom stereocenters. The van der Waals surface area contributed by atoms with Crippen molar-refractivity contribution in [3.63, 3.8) is 0 Å². The molecule has 1 rings (SSSR count). The third-order valence-corrected chi connectivity index (χ3v) is 2.44. The highest BCUT2D eigenvalue weighted by atomic mass is 16.5. The molecule has 0 saturated carbocycles. The summed E-state index contributed by atoms with van der Waals surface area (Å²) in [5, 5.41) is 0. The third-order valence-electron chi connectivity index (χ3n) is 2.44. The number of allylic oxidation sites excluding steroid dienone is 1. The van der Waals surface area contributed by atoms with Gasteiger partial charge in [-0.15, -0.1) is 0 Å². The van der Waals surface area contributed by atoms with Gasteiger partial charge >= 0.3 is 0 Å². The molecule has 1 aliphatic rings. The molecule has 1 aliphatic heterocycles. The summed E-state index contributed by atoms with van der Waals surface area (Å²) in [5.74, 6) is 0.107. The summed E-state index contributed by atoms with van der Waals surface area (Å²) in [4.78, 5) is 14.0. The Bertz CT molecular complexity index is 242. The fourth-order valence-corrected chi connectivity index (χ4v) is 1.77. The van der Waals surface area contributed by atoms with Crippen LogP contribution < -0.4 is 0 Å². The summed E-state index contributed by atoms with van der Waals surface area (Å²) < 4.78 is 5.48. The largest absolute Gasteiger partial charge is 0.367 e. The molecule has 0 aliphatic carbocycles. The number of ketones is 1. The Morgan fingerprint density at radius 3 is 2.87 bits per heavy atom. The molecule has 1 unspecified atom stereocenters. The lowest BCUT2D eigenvalue weighted by Crippen LogP contribution is -2.45. The third kappa shape index (κ3) is 4.14. The standard InChI is InChI=1S/C12H21NO2/c1-4-5-13-6-7-15-12(9-13)11(14)8-10(2)3/h8,12H,4-7,9H2,1-3H3. The number of hydrogen-bond donors (Lipinski definition) is 0. The Balaban J connectivity index is 2.48. The molecule has 0 radical (unpaired) electrons. The second-order valence-corrected chi connectivity index (χ2v) is 4.28. The normalized spacial score (nSPS) is 22.5. The summed E-state index contributed by atoms with van der Waals surface area (Å²) >= 11 is 0. The molecule has 0 aromatic rings. The Kier molecular flexibility index (Phi) is 4.99. The van der Waals surface area contributed by atoms with Crippen LogP contribution in [0, 0.1) is 0 Å². The monoisotopic (exact) mass is 211 g/mol. The van der Waals surface area contributed by atoms with Gasteiger partial charge < -0.3 is 4.74 Å². The molecule has 0 aromatic carbocycles. The van der Waals surface area contributed by atoms with Gasteiger partial charge in [-0.3, -0.25) is 9.69 Å². The number of ether oxygens (including phenoxy) is 1. The SMILES string of the molecule is CCCN1CCOC(C(=O)C=C(C)C)C1. The van der Waals surface area contributed by atoms with Gasteiger partial charge in [0.25, 0.3) is 0 Å². The van der Waals surface area contributed by atoms with Gasteiger partial charge in [-0.05, 0) is 32.9 Å². The Morgan fingerprint density at radius 1 is 1.53 bits per heavy atom. The first-order valence-electron chi connectivity index (χ1n) is 5.66. The number of morpholine rings is 1. The molecule has 86 valence electrons. The Labute approximate surface area is 92.1 Å². The second kappa shape index (κ2) is 6.03. The van der Waals surface area contributed by atoms with E-state index in [4.69, 9.17) is 4.74 Å². The van der Waals surface area contributed by atoms with Crippen LogP contribution in [0.3, 0.4) is 0 Å². The van der Waals surface area contributed by atoms with E-state index >= 15 is 0 Å². The van der Waals surface area contributed by atoms with Crippen LogP contribution in [-0.2, 0) is 9.53 Å². The van der Waals surface area contributed by atoms with Crippen molar-refractivity contribution in [1.29, 1.82) is 0 Å². The van der Waals surface area contributed by atoms with Crippen LogP contribution in [0.1, 0.15) is 27.2 Å². The molecule has 0 bridgehead atoms. The summed E-state index contributed by atoms with van der Waals surface area (Å²) in [6.07, 6.45) is 2.56. The van der Waals surface area contributed by atoms with E-state index in [1.54, 1.807) is 6.08 Å². The van der Waals surface area contributed by atoms with Crippen LogP contribution in [0.4, 0.5) is 0 Å². The predicted octanol–water partition coefficient (Wildman–Crippen LogP) is 1.63. The topological polar surface area (TPSA) is 29.5 Å². The maximum absolute atomic E-state index is 11.7. The Morgan fingerprint density at radius 2 is 2.27 bits per heavy atom. The molecule has 3 nitrogen and oxygen atoms in total. The molecule has 1 fully saturated rings. The van der Waals surface area contributed by atoms with Gasteiger partial charge in [0, 0.05) is 13.1 Å². The quantitative estimate of drug-likeness (QED) is 0.662. The van der Waals surface area contributed by atoms with Crippen molar-refractivity contribution in [1.82, 2.24) is 4.90 Å². The van der Waals surface area contributed by atoms with E-state index in [1.807, 2.05) is 13.8 Å². The van der Waals surface area contributed by atoms with Crippen LogP contribution in [0.25, 0.3) is 0 Å². The van der Waals surface area contributed by atoms with Crippen molar-refractivity contribution in [2.45, 2.75) is 33.3 Å². The number of hydrogen-bond acceptors (Lipinski definition) is 3. The molecule has 0 amide bonds. The highest BCUT2D eigenvalue weighted by Gasteiger charge is 2.24. The average Bonchev–Trinajstić information content (AvgIpc) is 2.17. The number of nitrogens with zero attached hydrogens (tertiary/aromatic N) is 1. The van der Waals surface area contributed by atoms with Gasteiger partial charge in [-0.25, -0.2) is 0 Å². The van der Waals surface area contributed by atoms with Crippen molar-refractivity contribution >= 4 is 5.78 Å². The fraction of sp³-hybridized carbons (Fsp3) is 0.750. The first-order valence-corrected chi connectivity index (χ1v) is 5.66. The summed E-state index contributed by atoms with van der Waals surface area (Å²) in [6.45, 7) is 9.45. The van der Waals surface area contributed by atoms with Crippen molar-refractivity contribution in [3.8, 4) is 0 Å². The average molecular weight is 211 g/mol. The van der Waals surface area contributed by atoms with E-state index < -0.39 is 0 Å².